The van der Waals surface area contributed by atoms with E-state index in [0.29, 0.717) is 46.3 Å². The highest BCUT2D eigenvalue weighted by Crippen LogP contribution is 2.30. The quantitative estimate of drug-likeness (QED) is 0.732. The summed E-state index contributed by atoms with van der Waals surface area (Å²) in [6, 6.07) is 11.5. The number of anilines is 1. The van der Waals surface area contributed by atoms with Gasteiger partial charge in [-0.05, 0) is 30.3 Å². The van der Waals surface area contributed by atoms with Crippen LogP contribution in [0.3, 0.4) is 0 Å². The minimum atomic E-state index is -0.924. The molecule has 3 rings (SSSR count). The number of amides is 1. The highest BCUT2D eigenvalue weighted by atomic mass is 35.5. The number of benzene rings is 2. The Hall–Kier alpha value is -1.89. The van der Waals surface area contributed by atoms with Crippen molar-refractivity contribution in [2.75, 3.05) is 30.0 Å². The summed E-state index contributed by atoms with van der Waals surface area (Å²) in [5.74, 6) is -0.0745. The van der Waals surface area contributed by atoms with E-state index in [1.54, 1.807) is 47.6 Å². The van der Waals surface area contributed by atoms with Crippen LogP contribution >= 0.6 is 11.6 Å². The molecular formula is C19H18ClFN2O2S. The van der Waals surface area contributed by atoms with E-state index in [1.807, 2.05) is 0 Å². The SMILES string of the molecule is C[S+]([O-])CCCN1C(=O)CN=C(c2ccccc2F)c2cc(Cl)ccc21. The van der Waals surface area contributed by atoms with Crippen molar-refractivity contribution in [2.45, 2.75) is 6.42 Å². The Labute approximate surface area is 159 Å². The molecule has 26 heavy (non-hydrogen) atoms. The molecule has 0 bridgehead atoms. The average Bonchev–Trinajstić information content (AvgIpc) is 2.72. The third-order valence-corrected chi connectivity index (χ3v) is 5.22. The molecule has 1 atom stereocenters. The topological polar surface area (TPSA) is 55.7 Å². The van der Waals surface area contributed by atoms with Crippen LogP contribution in [0.2, 0.25) is 5.02 Å². The number of hydrogen-bond donors (Lipinski definition) is 0. The predicted octanol–water partition coefficient (Wildman–Crippen LogP) is 3.43. The molecule has 1 amide bonds. The second-order valence-electron chi connectivity index (χ2n) is 5.98. The summed E-state index contributed by atoms with van der Waals surface area (Å²) in [6.45, 7) is 0.346. The molecule has 136 valence electrons. The normalized spacial score (nSPS) is 15.3. The molecule has 2 aromatic rings. The molecule has 0 saturated heterocycles. The third kappa shape index (κ3) is 4.09. The lowest BCUT2D eigenvalue weighted by Gasteiger charge is -2.23. The van der Waals surface area contributed by atoms with Crippen LogP contribution in [0.5, 0.6) is 0 Å². The van der Waals surface area contributed by atoms with Gasteiger partial charge in [-0.25, -0.2) is 4.39 Å². The Morgan fingerprint density at radius 3 is 2.77 bits per heavy atom. The highest BCUT2D eigenvalue weighted by Gasteiger charge is 2.26. The van der Waals surface area contributed by atoms with Gasteiger partial charge < -0.3 is 9.45 Å². The van der Waals surface area contributed by atoms with Crippen LogP contribution in [0.25, 0.3) is 0 Å². The number of hydrogen-bond acceptors (Lipinski definition) is 3. The fourth-order valence-electron chi connectivity index (χ4n) is 2.94. The summed E-state index contributed by atoms with van der Waals surface area (Å²) in [4.78, 5) is 18.6. The molecule has 0 aromatic heterocycles. The maximum atomic E-state index is 14.3. The summed E-state index contributed by atoms with van der Waals surface area (Å²) in [5.41, 5.74) is 2.00. The van der Waals surface area contributed by atoms with Crippen molar-refractivity contribution in [3.63, 3.8) is 0 Å². The van der Waals surface area contributed by atoms with Crippen LogP contribution in [-0.4, -0.2) is 41.3 Å². The van der Waals surface area contributed by atoms with Crippen LogP contribution in [0.15, 0.2) is 47.5 Å². The fraction of sp³-hybridized carbons (Fsp3) is 0.263. The van der Waals surface area contributed by atoms with Gasteiger partial charge in [-0.1, -0.05) is 34.9 Å². The monoisotopic (exact) mass is 392 g/mol. The second kappa shape index (κ2) is 8.20. The number of aliphatic imine (C=N–C) groups is 1. The molecule has 0 radical (unpaired) electrons. The molecule has 1 aliphatic rings. The van der Waals surface area contributed by atoms with Crippen molar-refractivity contribution in [3.05, 3.63) is 64.4 Å². The van der Waals surface area contributed by atoms with Crippen LogP contribution < -0.4 is 4.90 Å². The number of fused-ring (bicyclic) bond motifs is 1. The Bertz CT molecular complexity index is 857. The molecule has 1 aliphatic heterocycles. The van der Waals surface area contributed by atoms with Crippen LogP contribution in [-0.2, 0) is 16.0 Å². The minimum absolute atomic E-state index is 0.0782. The van der Waals surface area contributed by atoms with Gasteiger partial charge in [-0.15, -0.1) is 0 Å². The molecule has 0 saturated carbocycles. The maximum absolute atomic E-state index is 14.3. The molecule has 0 aliphatic carbocycles. The van der Waals surface area contributed by atoms with Crippen molar-refractivity contribution in [1.82, 2.24) is 0 Å². The van der Waals surface area contributed by atoms with Crippen molar-refractivity contribution >= 4 is 40.1 Å². The van der Waals surface area contributed by atoms with Gasteiger partial charge in [0, 0.05) is 29.1 Å². The van der Waals surface area contributed by atoms with Crippen molar-refractivity contribution in [2.24, 2.45) is 4.99 Å². The Morgan fingerprint density at radius 1 is 1.27 bits per heavy atom. The molecule has 0 fully saturated rings. The lowest BCUT2D eigenvalue weighted by Crippen LogP contribution is -2.34. The highest BCUT2D eigenvalue weighted by molar-refractivity contribution is 7.90. The average molecular weight is 393 g/mol. The van der Waals surface area contributed by atoms with Gasteiger partial charge in [0.25, 0.3) is 0 Å². The van der Waals surface area contributed by atoms with Crippen LogP contribution in [0.1, 0.15) is 17.5 Å². The van der Waals surface area contributed by atoms with Crippen molar-refractivity contribution in [3.8, 4) is 0 Å². The van der Waals surface area contributed by atoms with Crippen LogP contribution in [0, 0.1) is 5.82 Å². The summed E-state index contributed by atoms with van der Waals surface area (Å²) >= 11 is 5.24. The van der Waals surface area contributed by atoms with E-state index < -0.39 is 17.0 Å². The van der Waals surface area contributed by atoms with E-state index in [9.17, 15) is 13.7 Å². The Kier molecular flexibility index (Phi) is 5.96. The molecule has 0 N–H and O–H groups in total. The lowest BCUT2D eigenvalue weighted by atomic mass is 9.99. The first-order valence-corrected chi connectivity index (χ1v) is 10.3. The Balaban J connectivity index is 2.05. The van der Waals surface area contributed by atoms with Gasteiger partial charge in [-0.2, -0.15) is 0 Å². The van der Waals surface area contributed by atoms with Crippen molar-refractivity contribution < 1.29 is 13.7 Å². The molecule has 2 aromatic carbocycles. The number of carbonyl (C=O) groups excluding carboxylic acids is 1. The number of rotatable bonds is 5. The number of halogens is 2. The van der Waals surface area contributed by atoms with E-state index >= 15 is 0 Å². The Morgan fingerprint density at radius 2 is 2.04 bits per heavy atom. The molecule has 1 unspecified atom stereocenters. The summed E-state index contributed by atoms with van der Waals surface area (Å²) in [7, 11) is 0. The zero-order valence-electron chi connectivity index (χ0n) is 14.2. The van der Waals surface area contributed by atoms with E-state index in [-0.39, 0.29) is 12.5 Å². The lowest BCUT2D eigenvalue weighted by molar-refractivity contribution is -0.117. The second-order valence-corrected chi connectivity index (χ2v) is 7.97. The molecule has 0 spiro atoms. The van der Waals surface area contributed by atoms with Gasteiger partial charge >= 0.3 is 0 Å². The third-order valence-electron chi connectivity index (χ3n) is 4.12. The van der Waals surface area contributed by atoms with Gasteiger partial charge in [0.05, 0.1) is 17.7 Å². The number of carbonyl (C=O) groups is 1. The first-order valence-electron chi connectivity index (χ1n) is 8.17. The van der Waals surface area contributed by atoms with E-state index in [1.165, 1.54) is 6.07 Å². The van der Waals surface area contributed by atoms with E-state index in [0.717, 1.165) is 0 Å². The van der Waals surface area contributed by atoms with Gasteiger partial charge in [0.15, 0.2) is 0 Å². The zero-order valence-corrected chi connectivity index (χ0v) is 15.8. The van der Waals surface area contributed by atoms with Gasteiger partial charge in [0.1, 0.15) is 18.1 Å². The van der Waals surface area contributed by atoms with Gasteiger partial charge in [0.2, 0.25) is 5.91 Å². The first-order chi connectivity index (χ1) is 12.5. The largest absolute Gasteiger partial charge is 0.617 e. The minimum Gasteiger partial charge on any atom is -0.617 e. The van der Waals surface area contributed by atoms with E-state index in [4.69, 9.17) is 11.6 Å². The first kappa shape index (κ1) is 18.9. The molecule has 7 heteroatoms. The van der Waals surface area contributed by atoms with Crippen LogP contribution in [0.4, 0.5) is 10.1 Å². The molecule has 1 heterocycles. The van der Waals surface area contributed by atoms with Crippen molar-refractivity contribution in [1.29, 1.82) is 0 Å². The van der Waals surface area contributed by atoms with Gasteiger partial charge in [-0.3, -0.25) is 9.79 Å². The predicted molar refractivity (Wildman–Crippen MR) is 104 cm³/mol. The van der Waals surface area contributed by atoms with E-state index in [2.05, 4.69) is 4.99 Å². The summed E-state index contributed by atoms with van der Waals surface area (Å²) in [5, 5.41) is 0.483. The smallest absolute Gasteiger partial charge is 0.248 e. The standard InChI is InChI=1S/C19H18ClFN2O2S/c1-26(25)10-4-9-23-17-8-7-13(20)11-15(17)19(22-12-18(23)24)14-5-2-3-6-16(14)21/h2-3,5-8,11H,4,9-10,12H2,1H3. The molecule has 4 nitrogen and oxygen atoms in total. The number of nitrogens with zero attached hydrogens (tertiary/aromatic N) is 2. The summed E-state index contributed by atoms with van der Waals surface area (Å²) in [6.07, 6.45) is 2.24. The zero-order chi connectivity index (χ0) is 18.7. The summed E-state index contributed by atoms with van der Waals surface area (Å²) < 4.78 is 25.7. The maximum Gasteiger partial charge on any atom is 0.248 e. The fourth-order valence-corrected chi connectivity index (χ4v) is 3.65. The molecular weight excluding hydrogens is 375 g/mol. The number of benzodiazepines with no additional fused rings is 1.